The lowest BCUT2D eigenvalue weighted by Crippen LogP contribution is -2.21. The van der Waals surface area contributed by atoms with Gasteiger partial charge in [0.05, 0.1) is 29.3 Å². The average Bonchev–Trinajstić information content (AvgIpc) is 3.03. The number of para-hydroxylation sites is 1. The second-order valence-corrected chi connectivity index (χ2v) is 11.2. The lowest BCUT2D eigenvalue weighted by molar-refractivity contribution is -0.137. The highest BCUT2D eigenvalue weighted by Gasteiger charge is 2.31. The number of amides is 1. The molecule has 8 nitrogen and oxygen atoms in total. The number of aromatic nitrogens is 2. The van der Waals surface area contributed by atoms with Crippen LogP contribution in [0.1, 0.15) is 18.1 Å². The van der Waals surface area contributed by atoms with Crippen LogP contribution < -0.4 is 20.3 Å². The van der Waals surface area contributed by atoms with Crippen molar-refractivity contribution in [3.63, 3.8) is 0 Å². The number of ether oxygens (including phenoxy) is 2. The van der Waals surface area contributed by atoms with E-state index in [0.717, 1.165) is 16.8 Å². The highest BCUT2D eigenvalue weighted by molar-refractivity contribution is 9.10. The van der Waals surface area contributed by atoms with Crippen LogP contribution in [0.3, 0.4) is 0 Å². The van der Waals surface area contributed by atoms with Gasteiger partial charge in [0.2, 0.25) is 0 Å². The van der Waals surface area contributed by atoms with Crippen LogP contribution in [0.25, 0.3) is 22.3 Å². The summed E-state index contributed by atoms with van der Waals surface area (Å²) in [5, 5.41) is 7.79. The quantitative estimate of drug-likeness (QED) is 0.154. The van der Waals surface area contributed by atoms with Gasteiger partial charge in [-0.15, -0.1) is 0 Å². The van der Waals surface area contributed by atoms with E-state index in [1.165, 1.54) is 24.4 Å². The number of fused-ring (bicyclic) bond motifs is 1. The van der Waals surface area contributed by atoms with Crippen molar-refractivity contribution in [2.24, 2.45) is 5.10 Å². The minimum atomic E-state index is -4.61. The SMILES string of the molecule is CCOc1cc(C=Nn2c(-c3cccc(C(F)(F)F)c3)nc3ccccc3c2=O)c(Br)c(Cl)c1OCC(=O)Nc1ccc(Cl)cc1. The van der Waals surface area contributed by atoms with Crippen LogP contribution >= 0.6 is 39.1 Å². The number of rotatable bonds is 9. The molecule has 1 aromatic heterocycles. The first-order valence-corrected chi connectivity index (χ1v) is 15.1. The van der Waals surface area contributed by atoms with Crippen molar-refractivity contribution >= 4 is 67.8 Å². The van der Waals surface area contributed by atoms with E-state index in [1.807, 2.05) is 0 Å². The topological polar surface area (TPSA) is 94.8 Å². The van der Waals surface area contributed by atoms with E-state index >= 15 is 0 Å². The molecule has 14 heteroatoms. The summed E-state index contributed by atoms with van der Waals surface area (Å²) in [5.74, 6) is -0.315. The summed E-state index contributed by atoms with van der Waals surface area (Å²) >= 11 is 15.9. The van der Waals surface area contributed by atoms with Crippen LogP contribution in [-0.2, 0) is 11.0 Å². The van der Waals surface area contributed by atoms with Crippen LogP contribution in [0.5, 0.6) is 11.5 Å². The van der Waals surface area contributed by atoms with Crippen LogP contribution in [0.15, 0.2) is 93.2 Å². The molecule has 0 saturated heterocycles. The molecule has 0 unspecified atom stereocenters. The monoisotopic (exact) mass is 732 g/mol. The van der Waals surface area contributed by atoms with E-state index in [2.05, 4.69) is 31.3 Å². The van der Waals surface area contributed by atoms with Gasteiger partial charge in [-0.1, -0.05) is 47.5 Å². The highest BCUT2D eigenvalue weighted by atomic mass is 79.9. The smallest absolute Gasteiger partial charge is 0.416 e. The van der Waals surface area contributed by atoms with Crippen LogP contribution in [0.2, 0.25) is 10.0 Å². The zero-order valence-corrected chi connectivity index (χ0v) is 26.8. The van der Waals surface area contributed by atoms with E-state index in [0.29, 0.717) is 16.3 Å². The third-order valence-corrected chi connectivity index (χ3v) is 8.14. The minimum Gasteiger partial charge on any atom is -0.490 e. The number of benzene rings is 4. The number of hydrogen-bond donors (Lipinski definition) is 1. The number of halogens is 6. The average molecular weight is 734 g/mol. The fourth-order valence-electron chi connectivity index (χ4n) is 4.34. The zero-order chi connectivity index (χ0) is 33.0. The molecule has 236 valence electrons. The molecule has 4 aromatic carbocycles. The Bertz CT molecular complexity index is 2020. The summed E-state index contributed by atoms with van der Waals surface area (Å²) in [6, 6.07) is 19.0. The maximum absolute atomic E-state index is 13.6. The van der Waals surface area contributed by atoms with Crippen molar-refractivity contribution in [2.45, 2.75) is 13.1 Å². The van der Waals surface area contributed by atoms with Crippen LogP contribution in [0, 0.1) is 0 Å². The molecule has 0 aliphatic heterocycles. The highest BCUT2D eigenvalue weighted by Crippen LogP contribution is 2.42. The Morgan fingerprint density at radius 1 is 1.04 bits per heavy atom. The van der Waals surface area contributed by atoms with Gasteiger partial charge in [-0.25, -0.2) is 4.98 Å². The number of nitrogens with one attached hydrogen (secondary N) is 1. The Labute approximate surface area is 278 Å². The van der Waals surface area contributed by atoms with Crippen molar-refractivity contribution in [2.75, 3.05) is 18.5 Å². The predicted octanol–water partition coefficient (Wildman–Crippen LogP) is 8.45. The van der Waals surface area contributed by atoms with Gasteiger partial charge in [0.1, 0.15) is 5.02 Å². The van der Waals surface area contributed by atoms with Crippen LogP contribution in [-0.4, -0.2) is 35.0 Å². The normalized spacial score (nSPS) is 11.6. The number of alkyl halides is 3. The molecule has 0 saturated carbocycles. The van der Waals surface area contributed by atoms with Gasteiger partial charge in [0.25, 0.3) is 11.5 Å². The van der Waals surface area contributed by atoms with Crippen molar-refractivity contribution in [3.8, 4) is 22.9 Å². The second kappa shape index (κ2) is 13.9. The Morgan fingerprint density at radius 2 is 1.78 bits per heavy atom. The molecule has 1 heterocycles. The number of hydrogen-bond acceptors (Lipinski definition) is 6. The van der Waals surface area contributed by atoms with Crippen LogP contribution in [0.4, 0.5) is 18.9 Å². The van der Waals surface area contributed by atoms with Crippen molar-refractivity contribution in [1.29, 1.82) is 0 Å². The van der Waals surface area contributed by atoms with Gasteiger partial charge in [-0.2, -0.15) is 22.9 Å². The van der Waals surface area contributed by atoms with Gasteiger partial charge in [0.15, 0.2) is 23.9 Å². The molecular formula is C32H22BrCl2F3N4O4. The molecule has 0 spiro atoms. The van der Waals surface area contributed by atoms with Gasteiger partial charge in [0, 0.05) is 26.3 Å². The summed E-state index contributed by atoms with van der Waals surface area (Å²) in [7, 11) is 0. The fourth-order valence-corrected chi connectivity index (χ4v) is 5.12. The number of carbonyl (C=O) groups is 1. The first kappa shape index (κ1) is 33.0. The Hall–Kier alpha value is -4.39. The molecule has 0 aliphatic rings. The van der Waals surface area contributed by atoms with Gasteiger partial charge < -0.3 is 14.8 Å². The summed E-state index contributed by atoms with van der Waals surface area (Å²) in [6.07, 6.45) is -3.33. The lowest BCUT2D eigenvalue weighted by atomic mass is 10.1. The Morgan fingerprint density at radius 3 is 2.50 bits per heavy atom. The molecule has 0 bridgehead atoms. The molecule has 0 fully saturated rings. The fraction of sp³-hybridized carbons (Fsp3) is 0.125. The second-order valence-electron chi connectivity index (χ2n) is 9.59. The summed E-state index contributed by atoms with van der Waals surface area (Å²) in [4.78, 5) is 30.6. The molecule has 1 N–H and O–H groups in total. The molecule has 0 radical (unpaired) electrons. The van der Waals surface area contributed by atoms with Crippen molar-refractivity contribution in [1.82, 2.24) is 9.66 Å². The molecule has 0 aliphatic carbocycles. The maximum Gasteiger partial charge on any atom is 0.416 e. The van der Waals surface area contributed by atoms with Crippen molar-refractivity contribution in [3.05, 3.63) is 115 Å². The van der Waals surface area contributed by atoms with Crippen molar-refractivity contribution < 1.29 is 27.4 Å². The third-order valence-electron chi connectivity index (χ3n) is 6.45. The number of carbonyl (C=O) groups excluding carboxylic acids is 1. The summed E-state index contributed by atoms with van der Waals surface area (Å²) < 4.78 is 53.2. The minimum absolute atomic E-state index is 0.0301. The summed E-state index contributed by atoms with van der Waals surface area (Å²) in [5.41, 5.74) is -0.339. The molecule has 46 heavy (non-hydrogen) atoms. The van der Waals surface area contributed by atoms with E-state index in [1.54, 1.807) is 55.5 Å². The van der Waals surface area contributed by atoms with E-state index < -0.39 is 29.8 Å². The zero-order valence-electron chi connectivity index (χ0n) is 23.7. The standard InChI is InChI=1S/C32H22BrCl2F3N4O4/c1-2-45-25-15-19(27(33)28(35)29(25)46-17-26(43)40-22-12-10-21(34)11-13-22)16-39-42-30(18-6-5-7-20(14-18)32(36,37)38)41-24-9-4-3-8-23(24)31(42)44/h3-16H,2,17H2,1H3,(H,40,43). The predicted molar refractivity (Wildman–Crippen MR) is 175 cm³/mol. The van der Waals surface area contributed by atoms with E-state index in [9.17, 15) is 22.8 Å². The Kier molecular flexibility index (Phi) is 10.00. The summed E-state index contributed by atoms with van der Waals surface area (Å²) in [6.45, 7) is 1.55. The molecular weight excluding hydrogens is 712 g/mol. The Balaban J connectivity index is 1.52. The first-order chi connectivity index (χ1) is 22.0. The number of nitrogens with zero attached hydrogens (tertiary/aromatic N) is 3. The van der Waals surface area contributed by atoms with E-state index in [4.69, 9.17) is 32.7 Å². The largest absolute Gasteiger partial charge is 0.490 e. The molecule has 5 rings (SSSR count). The lowest BCUT2D eigenvalue weighted by Gasteiger charge is -2.16. The van der Waals surface area contributed by atoms with E-state index in [-0.39, 0.29) is 49.9 Å². The molecule has 0 atom stereocenters. The first-order valence-electron chi connectivity index (χ1n) is 13.5. The van der Waals surface area contributed by atoms with Gasteiger partial charge in [-0.05, 0) is 77.5 Å². The molecule has 5 aromatic rings. The molecule has 1 amide bonds. The number of anilines is 1. The third kappa shape index (κ3) is 7.35. The maximum atomic E-state index is 13.6. The van der Waals surface area contributed by atoms with Gasteiger partial charge >= 0.3 is 6.18 Å². The van der Waals surface area contributed by atoms with Gasteiger partial charge in [-0.3, -0.25) is 9.59 Å².